The fourth-order valence-corrected chi connectivity index (χ4v) is 3.88. The number of hydrogen-bond donors (Lipinski definition) is 0. The van der Waals surface area contributed by atoms with Gasteiger partial charge in [-0.3, -0.25) is 9.59 Å². The molecule has 0 saturated carbocycles. The largest absolute Gasteiger partial charge is 0.486 e. The molecule has 30 heavy (non-hydrogen) atoms. The number of ketones is 2. The summed E-state index contributed by atoms with van der Waals surface area (Å²) in [7, 11) is 0. The Labute approximate surface area is 174 Å². The molecule has 0 bridgehead atoms. The van der Waals surface area contributed by atoms with Crippen molar-refractivity contribution in [3.63, 3.8) is 0 Å². The van der Waals surface area contributed by atoms with Gasteiger partial charge >= 0.3 is 0 Å². The Hall–Kier alpha value is -3.41. The van der Waals surface area contributed by atoms with E-state index in [1.54, 1.807) is 31.5 Å². The lowest BCUT2D eigenvalue weighted by atomic mass is 9.85. The van der Waals surface area contributed by atoms with E-state index in [4.69, 9.17) is 4.74 Å². The van der Waals surface area contributed by atoms with Gasteiger partial charge in [-0.05, 0) is 23.3 Å². The number of fused-ring (bicyclic) bond motifs is 1. The minimum atomic E-state index is -0.737. The molecule has 3 aromatic rings. The number of alkyl halides is 1. The van der Waals surface area contributed by atoms with Crippen molar-refractivity contribution in [3.05, 3.63) is 89.0 Å². The monoisotopic (exact) mass is 404 g/mol. The van der Waals surface area contributed by atoms with Crippen LogP contribution in [0.2, 0.25) is 0 Å². The maximum atomic E-state index is 13.9. The number of hydrogen-bond acceptors (Lipinski definition) is 5. The summed E-state index contributed by atoms with van der Waals surface area (Å²) in [6.07, 6.45) is 4.22. The van der Waals surface area contributed by atoms with Crippen LogP contribution in [0.25, 0.3) is 0 Å². The fourth-order valence-electron chi connectivity index (χ4n) is 3.88. The quantitative estimate of drug-likeness (QED) is 0.548. The Balaban J connectivity index is 1.81. The second-order valence-electron chi connectivity index (χ2n) is 7.26. The Morgan fingerprint density at radius 1 is 1.07 bits per heavy atom. The molecule has 2 aromatic carbocycles. The average molecular weight is 404 g/mol. The number of ether oxygens (including phenoxy) is 1. The average Bonchev–Trinajstić information content (AvgIpc) is 3.17. The topological polar surface area (TPSA) is 69.2 Å². The minimum absolute atomic E-state index is 0.114. The van der Waals surface area contributed by atoms with E-state index < -0.39 is 12.8 Å². The zero-order chi connectivity index (χ0) is 21.1. The fraction of sp³-hybridized carbons (Fsp3) is 0.250. The molecule has 0 spiro atoms. The summed E-state index contributed by atoms with van der Waals surface area (Å²) in [5.41, 5.74) is 2.98. The standard InChI is InChI=1S/C24H21FN2O3/c1-2-20(28)18-9-17(21(29)8-15-12-26-14-27-13-15)10-19-23(16-6-4-3-5-7-16)22(11-25)30-24(18)19/h3-7,9-10,12-14,22-23H,2,8,11H2,1H3/t22-,23+/m1/s1. The first-order valence-electron chi connectivity index (χ1n) is 9.88. The van der Waals surface area contributed by atoms with Crippen LogP contribution in [-0.4, -0.2) is 34.3 Å². The van der Waals surface area contributed by atoms with E-state index in [2.05, 4.69) is 9.97 Å². The van der Waals surface area contributed by atoms with Gasteiger partial charge in [0.05, 0.1) is 11.5 Å². The highest BCUT2D eigenvalue weighted by Gasteiger charge is 2.38. The van der Waals surface area contributed by atoms with Crippen LogP contribution in [0.4, 0.5) is 4.39 Å². The van der Waals surface area contributed by atoms with Gasteiger partial charge in [0.15, 0.2) is 11.6 Å². The number of rotatable bonds is 7. The molecule has 0 amide bonds. The van der Waals surface area contributed by atoms with Gasteiger partial charge in [0.1, 0.15) is 24.9 Å². The second-order valence-corrected chi connectivity index (χ2v) is 7.26. The summed E-state index contributed by atoms with van der Waals surface area (Å²) >= 11 is 0. The number of carbonyl (C=O) groups excluding carboxylic acids is 2. The van der Waals surface area contributed by atoms with Crippen molar-refractivity contribution in [2.24, 2.45) is 0 Å². The predicted molar refractivity (Wildman–Crippen MR) is 110 cm³/mol. The first kappa shape index (κ1) is 19.9. The maximum Gasteiger partial charge on any atom is 0.167 e. The Kier molecular flexibility index (Phi) is 5.65. The van der Waals surface area contributed by atoms with Gasteiger partial charge in [-0.1, -0.05) is 37.3 Å². The lowest BCUT2D eigenvalue weighted by molar-refractivity contribution is 0.0980. The van der Waals surface area contributed by atoms with E-state index in [0.29, 0.717) is 28.0 Å². The van der Waals surface area contributed by atoms with Gasteiger partial charge in [0.25, 0.3) is 0 Å². The molecule has 152 valence electrons. The van der Waals surface area contributed by atoms with Crippen LogP contribution in [0.3, 0.4) is 0 Å². The van der Waals surface area contributed by atoms with Crippen molar-refractivity contribution < 1.29 is 18.7 Å². The number of aromatic nitrogens is 2. The van der Waals surface area contributed by atoms with E-state index in [0.717, 1.165) is 5.56 Å². The third kappa shape index (κ3) is 3.73. The van der Waals surface area contributed by atoms with Crippen molar-refractivity contribution in [3.8, 4) is 5.75 Å². The summed E-state index contributed by atoms with van der Waals surface area (Å²) < 4.78 is 19.8. The first-order valence-corrected chi connectivity index (χ1v) is 9.88. The molecule has 1 aliphatic heterocycles. The summed E-state index contributed by atoms with van der Waals surface area (Å²) in [6, 6.07) is 12.8. The van der Waals surface area contributed by atoms with Crippen LogP contribution in [0, 0.1) is 0 Å². The molecule has 4 rings (SSSR count). The molecule has 2 atom stereocenters. The molecule has 6 heteroatoms. The molecule has 0 radical (unpaired) electrons. The third-order valence-electron chi connectivity index (χ3n) is 5.33. The van der Waals surface area contributed by atoms with Gasteiger partial charge < -0.3 is 4.74 Å². The van der Waals surface area contributed by atoms with E-state index >= 15 is 0 Å². The summed E-state index contributed by atoms with van der Waals surface area (Å²) in [5, 5.41) is 0. The van der Waals surface area contributed by atoms with Gasteiger partial charge in [-0.25, -0.2) is 14.4 Å². The van der Waals surface area contributed by atoms with Crippen molar-refractivity contribution in [1.82, 2.24) is 9.97 Å². The first-order chi connectivity index (χ1) is 14.6. The van der Waals surface area contributed by atoms with Crippen molar-refractivity contribution in [1.29, 1.82) is 0 Å². The molecule has 0 saturated heterocycles. The second kappa shape index (κ2) is 8.53. The molecule has 5 nitrogen and oxygen atoms in total. The molecule has 2 heterocycles. The van der Waals surface area contributed by atoms with Crippen LogP contribution in [-0.2, 0) is 6.42 Å². The van der Waals surface area contributed by atoms with Crippen molar-refractivity contribution in [2.75, 3.05) is 6.67 Å². The van der Waals surface area contributed by atoms with Gasteiger partial charge in [-0.2, -0.15) is 0 Å². The van der Waals surface area contributed by atoms with Gasteiger partial charge in [-0.15, -0.1) is 0 Å². The van der Waals surface area contributed by atoms with E-state index in [-0.39, 0.29) is 30.3 Å². The zero-order valence-corrected chi connectivity index (χ0v) is 16.5. The molecule has 0 N–H and O–H groups in total. The Morgan fingerprint density at radius 2 is 1.80 bits per heavy atom. The highest BCUT2D eigenvalue weighted by molar-refractivity contribution is 6.04. The number of carbonyl (C=O) groups is 2. The lowest BCUT2D eigenvalue weighted by Crippen LogP contribution is -2.22. The molecule has 1 aromatic heterocycles. The van der Waals surface area contributed by atoms with Gasteiger partial charge in [0, 0.05) is 36.4 Å². The zero-order valence-electron chi connectivity index (χ0n) is 16.5. The highest BCUT2D eigenvalue weighted by Crippen LogP contribution is 2.45. The minimum Gasteiger partial charge on any atom is -0.486 e. The molecule has 1 aliphatic rings. The molecule has 0 fully saturated rings. The predicted octanol–water partition coefficient (Wildman–Crippen LogP) is 4.36. The molecule has 0 aliphatic carbocycles. The SMILES string of the molecule is CCC(=O)c1cc(C(=O)Cc2cncnc2)cc2c1O[C@H](CF)[C@H]2c1ccccc1. The van der Waals surface area contributed by atoms with Crippen molar-refractivity contribution in [2.45, 2.75) is 31.8 Å². The van der Waals surface area contributed by atoms with E-state index in [9.17, 15) is 14.0 Å². The Morgan fingerprint density at radius 3 is 2.47 bits per heavy atom. The number of benzene rings is 2. The molecular formula is C24H21FN2O3. The van der Waals surface area contributed by atoms with Gasteiger partial charge in [0.2, 0.25) is 0 Å². The lowest BCUT2D eigenvalue weighted by Gasteiger charge is -2.16. The smallest absolute Gasteiger partial charge is 0.167 e. The summed E-state index contributed by atoms with van der Waals surface area (Å²) in [5.74, 6) is -0.302. The summed E-state index contributed by atoms with van der Waals surface area (Å²) in [4.78, 5) is 33.5. The van der Waals surface area contributed by atoms with E-state index in [1.807, 2.05) is 30.3 Å². The van der Waals surface area contributed by atoms with Crippen LogP contribution >= 0.6 is 0 Å². The molecule has 0 unspecified atom stereocenters. The van der Waals surface area contributed by atoms with Crippen LogP contribution in [0.15, 0.2) is 61.2 Å². The third-order valence-corrected chi connectivity index (χ3v) is 5.33. The van der Waals surface area contributed by atoms with Crippen LogP contribution in [0.5, 0.6) is 5.75 Å². The highest BCUT2D eigenvalue weighted by atomic mass is 19.1. The van der Waals surface area contributed by atoms with Crippen molar-refractivity contribution >= 4 is 11.6 Å². The summed E-state index contributed by atoms with van der Waals surface area (Å²) in [6.45, 7) is 1.05. The normalized spacial score (nSPS) is 17.3. The van der Waals surface area contributed by atoms with Crippen LogP contribution in [0.1, 0.15) is 56.7 Å². The Bertz CT molecular complexity index is 1070. The number of Topliss-reactive ketones (excluding diaryl/α,β-unsaturated/α-hetero) is 2. The van der Waals surface area contributed by atoms with E-state index in [1.165, 1.54) is 6.33 Å². The molecular weight excluding hydrogens is 383 g/mol. The number of halogens is 1. The van der Waals surface area contributed by atoms with Crippen LogP contribution < -0.4 is 4.74 Å². The number of nitrogens with zero attached hydrogens (tertiary/aromatic N) is 2. The maximum absolute atomic E-state index is 13.9.